The zero-order valence-electron chi connectivity index (χ0n) is 21.9. The summed E-state index contributed by atoms with van der Waals surface area (Å²) in [6, 6.07) is -1.93. The van der Waals surface area contributed by atoms with E-state index < -0.39 is 53.2 Å². The normalized spacial score (nSPS) is 25.9. The number of carbonyl (C=O) groups excluding carboxylic acids is 4. The molecule has 0 radical (unpaired) electrons. The number of aliphatic hydroxyl groups is 1. The molecule has 1 heterocycles. The summed E-state index contributed by atoms with van der Waals surface area (Å²) in [7, 11) is 1.24. The van der Waals surface area contributed by atoms with Crippen molar-refractivity contribution in [1.82, 2.24) is 15.5 Å². The number of alkyl carbamates (subject to hydrolysis) is 1. The Balaban J connectivity index is 2.17. The number of β-amino-alcohol motifs (C(OH)–C–C–N with tert-alkyl or cyclic N) is 1. The standard InChI is InChI=1S/C26H41N3O7/c1-7-9-10-11-12-13-19(27-24(34)36-25(3,4)5)22(32)29-16-18(30)14-20(29)21(31)28-26(23(33)35-6)15-17(26)8-2/h7-8,17-20,30H,1-2,9-16H2,3-6H3,(H,27,34)(H,28,31)/t17?,18-,19-,20-,26+/m0/s1. The zero-order valence-corrected chi connectivity index (χ0v) is 21.9. The Morgan fingerprint density at radius 3 is 2.44 bits per heavy atom. The van der Waals surface area contributed by atoms with Crippen molar-refractivity contribution in [3.8, 4) is 0 Å². The minimum absolute atomic E-state index is 0.0199. The lowest BCUT2D eigenvalue weighted by atomic mass is 10.0. The average molecular weight is 508 g/mol. The van der Waals surface area contributed by atoms with Crippen LogP contribution >= 0.6 is 0 Å². The van der Waals surface area contributed by atoms with E-state index in [4.69, 9.17) is 9.47 Å². The summed E-state index contributed by atoms with van der Waals surface area (Å²) in [5.41, 5.74) is -1.96. The van der Waals surface area contributed by atoms with Gasteiger partial charge in [0.25, 0.3) is 0 Å². The molecule has 2 aliphatic rings. The number of amides is 3. The number of nitrogens with zero attached hydrogens (tertiary/aromatic N) is 1. The molecule has 10 heteroatoms. The van der Waals surface area contributed by atoms with E-state index in [1.54, 1.807) is 26.8 Å². The fourth-order valence-corrected chi connectivity index (χ4v) is 4.51. The Morgan fingerprint density at radius 2 is 1.89 bits per heavy atom. The van der Waals surface area contributed by atoms with E-state index in [1.165, 1.54) is 12.0 Å². The van der Waals surface area contributed by atoms with E-state index in [-0.39, 0.29) is 18.9 Å². The highest BCUT2D eigenvalue weighted by atomic mass is 16.6. The monoisotopic (exact) mass is 507 g/mol. The summed E-state index contributed by atoms with van der Waals surface area (Å²) in [5, 5.41) is 15.7. The highest BCUT2D eigenvalue weighted by Gasteiger charge is 2.61. The van der Waals surface area contributed by atoms with Crippen molar-refractivity contribution in [3.05, 3.63) is 25.3 Å². The molecule has 0 aromatic carbocycles. The van der Waals surface area contributed by atoms with Crippen LogP contribution in [-0.2, 0) is 23.9 Å². The van der Waals surface area contributed by atoms with Crippen LogP contribution < -0.4 is 10.6 Å². The topological polar surface area (TPSA) is 134 Å². The SMILES string of the molecule is C=CCCCCC[C@H](NC(=O)OC(C)(C)C)C(=O)N1C[C@@H](O)C[C@H]1C(=O)N[C@]1(C(=O)OC)CC1C=C. The van der Waals surface area contributed by atoms with Crippen LogP contribution in [-0.4, -0.2) is 76.9 Å². The number of rotatable bonds is 12. The number of methoxy groups -OCH3 is 1. The first-order valence-electron chi connectivity index (χ1n) is 12.5. The van der Waals surface area contributed by atoms with Crippen LogP contribution in [0.4, 0.5) is 4.79 Å². The van der Waals surface area contributed by atoms with Crippen molar-refractivity contribution in [2.45, 2.75) is 95.0 Å². The van der Waals surface area contributed by atoms with Crippen LogP contribution in [0.1, 0.15) is 65.7 Å². The van der Waals surface area contributed by atoms with E-state index in [0.717, 1.165) is 19.3 Å². The first kappa shape index (κ1) is 29.4. The number of esters is 1. The van der Waals surface area contributed by atoms with Crippen molar-refractivity contribution in [1.29, 1.82) is 0 Å². The fraction of sp³-hybridized carbons (Fsp3) is 0.692. The summed E-state index contributed by atoms with van der Waals surface area (Å²) in [5.74, 6) is -1.90. The lowest BCUT2D eigenvalue weighted by Crippen LogP contribution is -2.56. The maximum absolute atomic E-state index is 13.6. The predicted molar refractivity (Wildman–Crippen MR) is 134 cm³/mol. The molecule has 0 spiro atoms. The Hall–Kier alpha value is -2.88. The van der Waals surface area contributed by atoms with Gasteiger partial charge in [0.15, 0.2) is 0 Å². The summed E-state index contributed by atoms with van der Waals surface area (Å²) >= 11 is 0. The second kappa shape index (κ2) is 12.4. The molecular formula is C26H41N3O7. The molecule has 202 valence electrons. The summed E-state index contributed by atoms with van der Waals surface area (Å²) in [4.78, 5) is 52.9. The van der Waals surface area contributed by atoms with Crippen molar-refractivity contribution in [2.75, 3.05) is 13.7 Å². The van der Waals surface area contributed by atoms with Gasteiger partial charge in [-0.3, -0.25) is 9.59 Å². The van der Waals surface area contributed by atoms with Crippen molar-refractivity contribution in [3.63, 3.8) is 0 Å². The van der Waals surface area contributed by atoms with Gasteiger partial charge in [-0.2, -0.15) is 0 Å². The Bertz CT molecular complexity index is 853. The maximum atomic E-state index is 13.6. The Labute approximate surface area is 213 Å². The molecule has 2 rings (SSSR count). The number of nitrogens with one attached hydrogen (secondary N) is 2. The minimum Gasteiger partial charge on any atom is -0.467 e. The molecule has 0 bridgehead atoms. The number of hydrogen-bond acceptors (Lipinski definition) is 7. The maximum Gasteiger partial charge on any atom is 0.408 e. The third-order valence-electron chi connectivity index (χ3n) is 6.45. The predicted octanol–water partition coefficient (Wildman–Crippen LogP) is 2.21. The number of aliphatic hydroxyl groups excluding tert-OH is 1. The molecule has 1 aliphatic carbocycles. The first-order valence-corrected chi connectivity index (χ1v) is 12.5. The third-order valence-corrected chi connectivity index (χ3v) is 6.45. The van der Waals surface area contributed by atoms with Crippen LogP contribution in [0, 0.1) is 5.92 Å². The fourth-order valence-electron chi connectivity index (χ4n) is 4.51. The summed E-state index contributed by atoms with van der Waals surface area (Å²) < 4.78 is 10.2. The minimum atomic E-state index is -1.21. The highest BCUT2D eigenvalue weighted by Crippen LogP contribution is 2.45. The number of likely N-dealkylation sites (tertiary alicyclic amines) is 1. The average Bonchev–Trinajstić information content (AvgIpc) is 3.37. The highest BCUT2D eigenvalue weighted by molar-refractivity contribution is 5.96. The molecule has 1 aliphatic heterocycles. The van der Waals surface area contributed by atoms with Crippen LogP contribution in [0.5, 0.6) is 0 Å². The zero-order chi connectivity index (χ0) is 27.1. The molecule has 1 saturated heterocycles. The van der Waals surface area contributed by atoms with Gasteiger partial charge in [-0.15, -0.1) is 13.2 Å². The first-order chi connectivity index (χ1) is 16.9. The number of hydrogen-bond donors (Lipinski definition) is 3. The van der Waals surface area contributed by atoms with Gasteiger partial charge in [0.1, 0.15) is 23.2 Å². The van der Waals surface area contributed by atoms with Crippen molar-refractivity contribution >= 4 is 23.9 Å². The lowest BCUT2D eigenvalue weighted by Gasteiger charge is -2.30. The lowest BCUT2D eigenvalue weighted by molar-refractivity contribution is -0.148. The molecule has 3 amide bonds. The molecule has 2 fully saturated rings. The van der Waals surface area contributed by atoms with Crippen LogP contribution in [0.15, 0.2) is 25.3 Å². The van der Waals surface area contributed by atoms with Gasteiger partial charge < -0.3 is 30.1 Å². The van der Waals surface area contributed by atoms with Gasteiger partial charge in [-0.1, -0.05) is 25.0 Å². The Kier molecular flexibility index (Phi) is 10.1. The van der Waals surface area contributed by atoms with Crippen LogP contribution in [0.3, 0.4) is 0 Å². The number of carbonyl (C=O) groups is 4. The molecule has 1 saturated carbocycles. The van der Waals surface area contributed by atoms with Crippen LogP contribution in [0.25, 0.3) is 0 Å². The van der Waals surface area contributed by atoms with Gasteiger partial charge in [0, 0.05) is 18.9 Å². The third kappa shape index (κ3) is 7.56. The molecule has 0 aromatic heterocycles. The van der Waals surface area contributed by atoms with Crippen LogP contribution in [0.2, 0.25) is 0 Å². The van der Waals surface area contributed by atoms with E-state index in [0.29, 0.717) is 19.3 Å². The van der Waals surface area contributed by atoms with Gasteiger partial charge in [-0.25, -0.2) is 9.59 Å². The summed E-state index contributed by atoms with van der Waals surface area (Å²) in [6.07, 6.45) is 5.75. The molecule has 3 N–H and O–H groups in total. The van der Waals surface area contributed by atoms with Crippen molar-refractivity contribution in [2.24, 2.45) is 5.92 Å². The van der Waals surface area contributed by atoms with Gasteiger partial charge in [0.2, 0.25) is 11.8 Å². The van der Waals surface area contributed by atoms with Gasteiger partial charge in [-0.05, 0) is 46.5 Å². The molecule has 36 heavy (non-hydrogen) atoms. The van der Waals surface area contributed by atoms with E-state index in [9.17, 15) is 24.3 Å². The molecular weight excluding hydrogens is 466 g/mol. The van der Waals surface area contributed by atoms with E-state index >= 15 is 0 Å². The summed E-state index contributed by atoms with van der Waals surface area (Å²) in [6.45, 7) is 12.5. The number of ether oxygens (including phenoxy) is 2. The number of unbranched alkanes of at least 4 members (excludes halogenated alkanes) is 3. The molecule has 1 unspecified atom stereocenters. The second-order valence-electron chi connectivity index (χ2n) is 10.5. The quantitative estimate of drug-likeness (QED) is 0.209. The van der Waals surface area contributed by atoms with Crippen molar-refractivity contribution < 1.29 is 33.8 Å². The van der Waals surface area contributed by atoms with Gasteiger partial charge >= 0.3 is 12.1 Å². The Morgan fingerprint density at radius 1 is 1.19 bits per heavy atom. The smallest absolute Gasteiger partial charge is 0.408 e. The molecule has 5 atom stereocenters. The molecule has 0 aromatic rings. The van der Waals surface area contributed by atoms with E-state index in [2.05, 4.69) is 23.8 Å². The largest absolute Gasteiger partial charge is 0.467 e. The van der Waals surface area contributed by atoms with Gasteiger partial charge in [0.05, 0.1) is 13.2 Å². The second-order valence-corrected chi connectivity index (χ2v) is 10.5. The molecule has 10 nitrogen and oxygen atoms in total. The van der Waals surface area contributed by atoms with E-state index in [1.807, 2.05) is 6.08 Å². The number of allylic oxidation sites excluding steroid dienone is 1.